The van der Waals surface area contributed by atoms with E-state index in [0.717, 1.165) is 56.7 Å². The molecule has 7 heteroatoms. The maximum absolute atomic E-state index is 12.3. The lowest BCUT2D eigenvalue weighted by Crippen LogP contribution is -2.43. The first-order valence-corrected chi connectivity index (χ1v) is 9.37. The van der Waals surface area contributed by atoms with Gasteiger partial charge in [0.25, 0.3) is 0 Å². The Balaban J connectivity index is 1.37. The largest absolute Gasteiger partial charge is 0.341 e. The molecule has 1 N–H and O–H groups in total. The highest BCUT2D eigenvalue weighted by molar-refractivity contribution is 5.81. The van der Waals surface area contributed by atoms with Crippen LogP contribution in [0.5, 0.6) is 0 Å². The van der Waals surface area contributed by atoms with Crippen LogP contribution in [0.25, 0.3) is 0 Å². The SMILES string of the molecule is Cc1cc(C)n(CCCNC(=O)N2CCCN(C(=O)C3CC3)CC2)n1. The molecule has 2 aliphatic rings. The van der Waals surface area contributed by atoms with E-state index < -0.39 is 0 Å². The quantitative estimate of drug-likeness (QED) is 0.822. The maximum Gasteiger partial charge on any atom is 0.317 e. The predicted octanol–water partition coefficient (Wildman–Crippen LogP) is 1.54. The van der Waals surface area contributed by atoms with Crippen molar-refractivity contribution in [2.75, 3.05) is 32.7 Å². The zero-order valence-corrected chi connectivity index (χ0v) is 15.3. The van der Waals surface area contributed by atoms with Crippen LogP contribution in [-0.4, -0.2) is 64.2 Å². The molecule has 1 aromatic rings. The third-order valence-electron chi connectivity index (χ3n) is 4.95. The van der Waals surface area contributed by atoms with Gasteiger partial charge in [0.1, 0.15) is 0 Å². The van der Waals surface area contributed by atoms with E-state index >= 15 is 0 Å². The van der Waals surface area contributed by atoms with Crippen molar-refractivity contribution >= 4 is 11.9 Å². The lowest BCUT2D eigenvalue weighted by molar-refractivity contribution is -0.132. The van der Waals surface area contributed by atoms with Gasteiger partial charge in [-0.25, -0.2) is 4.79 Å². The standard InChI is InChI=1S/C18H29N5O2/c1-14-13-15(2)23(20-14)10-3-7-19-18(25)22-9-4-8-21(11-12-22)17(24)16-5-6-16/h13,16H,3-12H2,1-2H3,(H,19,25). The number of carbonyl (C=O) groups is 2. The van der Waals surface area contributed by atoms with E-state index in [9.17, 15) is 9.59 Å². The van der Waals surface area contributed by atoms with Crippen LogP contribution < -0.4 is 5.32 Å². The van der Waals surface area contributed by atoms with Crippen molar-refractivity contribution in [1.82, 2.24) is 24.9 Å². The van der Waals surface area contributed by atoms with Crippen LogP contribution in [-0.2, 0) is 11.3 Å². The van der Waals surface area contributed by atoms with E-state index in [0.29, 0.717) is 19.6 Å². The minimum atomic E-state index is -0.0194. The molecule has 7 nitrogen and oxygen atoms in total. The fourth-order valence-corrected chi connectivity index (χ4v) is 3.37. The molecular formula is C18H29N5O2. The van der Waals surface area contributed by atoms with Crippen molar-refractivity contribution in [3.8, 4) is 0 Å². The van der Waals surface area contributed by atoms with Crippen molar-refractivity contribution in [2.24, 2.45) is 5.92 Å². The van der Waals surface area contributed by atoms with Gasteiger partial charge < -0.3 is 15.1 Å². The number of nitrogens with zero attached hydrogens (tertiary/aromatic N) is 4. The lowest BCUT2D eigenvalue weighted by atomic mass is 10.3. The Bertz CT molecular complexity index is 623. The number of rotatable bonds is 5. The minimum absolute atomic E-state index is 0.0194. The van der Waals surface area contributed by atoms with E-state index in [1.807, 2.05) is 28.3 Å². The molecule has 0 bridgehead atoms. The molecule has 0 radical (unpaired) electrons. The highest BCUT2D eigenvalue weighted by Crippen LogP contribution is 2.31. The molecule has 0 spiro atoms. The number of carbonyl (C=O) groups excluding carboxylic acids is 2. The van der Waals surface area contributed by atoms with Crippen LogP contribution in [0.3, 0.4) is 0 Å². The van der Waals surface area contributed by atoms with Gasteiger partial charge >= 0.3 is 6.03 Å². The van der Waals surface area contributed by atoms with Gasteiger partial charge in [0.05, 0.1) is 5.69 Å². The molecule has 0 aromatic carbocycles. The molecule has 2 fully saturated rings. The van der Waals surface area contributed by atoms with E-state index in [2.05, 4.69) is 16.5 Å². The molecule has 1 aromatic heterocycles. The van der Waals surface area contributed by atoms with Gasteiger partial charge in [0, 0.05) is 50.9 Å². The van der Waals surface area contributed by atoms with Gasteiger partial charge in [-0.2, -0.15) is 5.10 Å². The third kappa shape index (κ3) is 4.74. The predicted molar refractivity (Wildman–Crippen MR) is 95.2 cm³/mol. The van der Waals surface area contributed by atoms with Gasteiger partial charge in [0.15, 0.2) is 0 Å². The molecule has 1 saturated heterocycles. The first-order valence-electron chi connectivity index (χ1n) is 9.37. The van der Waals surface area contributed by atoms with Crippen molar-refractivity contribution in [3.63, 3.8) is 0 Å². The number of nitrogens with one attached hydrogen (secondary N) is 1. The second-order valence-corrected chi connectivity index (χ2v) is 7.18. The monoisotopic (exact) mass is 347 g/mol. The number of hydrogen-bond donors (Lipinski definition) is 1. The van der Waals surface area contributed by atoms with Gasteiger partial charge in [-0.3, -0.25) is 9.48 Å². The van der Waals surface area contributed by atoms with Crippen molar-refractivity contribution in [2.45, 2.75) is 46.1 Å². The van der Waals surface area contributed by atoms with Crippen LogP contribution >= 0.6 is 0 Å². The highest BCUT2D eigenvalue weighted by Gasteiger charge is 2.34. The first kappa shape index (κ1) is 17.8. The van der Waals surface area contributed by atoms with Crippen LogP contribution in [0.2, 0.25) is 0 Å². The summed E-state index contributed by atoms with van der Waals surface area (Å²) in [6.45, 7) is 8.26. The summed E-state index contributed by atoms with van der Waals surface area (Å²) >= 11 is 0. The van der Waals surface area contributed by atoms with Crippen molar-refractivity contribution < 1.29 is 9.59 Å². The molecule has 2 heterocycles. The summed E-state index contributed by atoms with van der Waals surface area (Å²) in [7, 11) is 0. The lowest BCUT2D eigenvalue weighted by Gasteiger charge is -2.22. The van der Waals surface area contributed by atoms with Crippen molar-refractivity contribution in [1.29, 1.82) is 0 Å². The zero-order chi connectivity index (χ0) is 17.8. The summed E-state index contributed by atoms with van der Waals surface area (Å²) < 4.78 is 1.98. The molecule has 0 unspecified atom stereocenters. The van der Waals surface area contributed by atoms with E-state index in [4.69, 9.17) is 0 Å². The average Bonchev–Trinajstić information content (AvgIpc) is 3.39. The summed E-state index contributed by atoms with van der Waals surface area (Å²) in [4.78, 5) is 28.3. The number of amides is 3. The zero-order valence-electron chi connectivity index (χ0n) is 15.3. The Labute approximate surface area is 149 Å². The summed E-state index contributed by atoms with van der Waals surface area (Å²) in [5.74, 6) is 0.543. The fourth-order valence-electron chi connectivity index (χ4n) is 3.37. The number of aromatic nitrogens is 2. The minimum Gasteiger partial charge on any atom is -0.341 e. The highest BCUT2D eigenvalue weighted by atomic mass is 16.2. The fraction of sp³-hybridized carbons (Fsp3) is 0.722. The smallest absolute Gasteiger partial charge is 0.317 e. The maximum atomic E-state index is 12.3. The Morgan fingerprint density at radius 2 is 1.88 bits per heavy atom. The van der Waals surface area contributed by atoms with Gasteiger partial charge in [0.2, 0.25) is 5.91 Å². The first-order chi connectivity index (χ1) is 12.0. The Morgan fingerprint density at radius 1 is 1.16 bits per heavy atom. The number of urea groups is 1. The van der Waals surface area contributed by atoms with Gasteiger partial charge in [-0.05, 0) is 45.6 Å². The molecule has 3 amide bonds. The number of hydrogen-bond acceptors (Lipinski definition) is 3. The molecule has 1 aliphatic carbocycles. The molecule has 138 valence electrons. The van der Waals surface area contributed by atoms with Gasteiger partial charge in [-0.15, -0.1) is 0 Å². The van der Waals surface area contributed by atoms with Crippen LogP contribution in [0.4, 0.5) is 4.79 Å². The topological polar surface area (TPSA) is 70.5 Å². The molecule has 1 aliphatic heterocycles. The number of aryl methyl sites for hydroxylation is 3. The second kappa shape index (κ2) is 7.89. The summed E-state index contributed by atoms with van der Waals surface area (Å²) in [5.41, 5.74) is 2.17. The second-order valence-electron chi connectivity index (χ2n) is 7.18. The molecule has 3 rings (SSSR count). The van der Waals surface area contributed by atoms with Crippen LogP contribution in [0, 0.1) is 19.8 Å². The van der Waals surface area contributed by atoms with E-state index in [1.54, 1.807) is 0 Å². The summed E-state index contributed by atoms with van der Waals surface area (Å²) in [6, 6.07) is 2.04. The molecule has 1 saturated carbocycles. The van der Waals surface area contributed by atoms with Crippen LogP contribution in [0.1, 0.15) is 37.1 Å². The normalized spacial score (nSPS) is 18.2. The third-order valence-corrected chi connectivity index (χ3v) is 4.95. The molecule has 25 heavy (non-hydrogen) atoms. The Hall–Kier alpha value is -2.05. The summed E-state index contributed by atoms with van der Waals surface area (Å²) in [6.07, 6.45) is 3.79. The van der Waals surface area contributed by atoms with Gasteiger partial charge in [-0.1, -0.05) is 0 Å². The Morgan fingerprint density at radius 3 is 2.56 bits per heavy atom. The molecule has 0 atom stereocenters. The van der Waals surface area contributed by atoms with Crippen molar-refractivity contribution in [3.05, 3.63) is 17.5 Å². The molecular weight excluding hydrogens is 318 g/mol. The Kier molecular flexibility index (Phi) is 5.60. The average molecular weight is 347 g/mol. The van der Waals surface area contributed by atoms with Crippen LogP contribution in [0.15, 0.2) is 6.07 Å². The van der Waals surface area contributed by atoms with E-state index in [1.165, 1.54) is 0 Å². The summed E-state index contributed by atoms with van der Waals surface area (Å²) in [5, 5.41) is 7.43. The van der Waals surface area contributed by atoms with E-state index in [-0.39, 0.29) is 17.9 Å².